The number of carbonyl (C=O) groups is 1. The van der Waals surface area contributed by atoms with E-state index >= 15 is 0 Å². The van der Waals surface area contributed by atoms with Gasteiger partial charge in [-0.15, -0.1) is 0 Å². The first-order chi connectivity index (χ1) is 10.6. The van der Waals surface area contributed by atoms with Gasteiger partial charge < -0.3 is 15.8 Å². The molecule has 1 atom stereocenters. The van der Waals surface area contributed by atoms with E-state index < -0.39 is 5.91 Å². The van der Waals surface area contributed by atoms with Crippen molar-refractivity contribution in [3.63, 3.8) is 0 Å². The molecule has 1 unspecified atom stereocenters. The Morgan fingerprint density at radius 1 is 1.14 bits per heavy atom. The number of carbonyl (C=O) groups excluding carboxylic acids is 1. The number of ether oxygens (including phenoxy) is 1. The minimum atomic E-state index is -0.415. The molecule has 4 heteroatoms. The van der Waals surface area contributed by atoms with Gasteiger partial charge >= 0.3 is 0 Å². The van der Waals surface area contributed by atoms with Gasteiger partial charge in [0.2, 0.25) is 5.91 Å². The summed E-state index contributed by atoms with van der Waals surface area (Å²) in [4.78, 5) is 11.1. The second kappa shape index (κ2) is 7.50. The lowest BCUT2D eigenvalue weighted by Crippen LogP contribution is -2.11. The van der Waals surface area contributed by atoms with Gasteiger partial charge in [-0.05, 0) is 55.3 Å². The largest absolute Gasteiger partial charge is 0.494 e. The number of nitrogens with two attached hydrogens (primary N) is 1. The number of benzene rings is 2. The number of hydrogen-bond acceptors (Lipinski definition) is 3. The summed E-state index contributed by atoms with van der Waals surface area (Å²) < 4.78 is 5.58. The van der Waals surface area contributed by atoms with E-state index in [0.717, 1.165) is 24.5 Å². The molecule has 2 aromatic carbocycles. The molecule has 0 saturated heterocycles. The zero-order chi connectivity index (χ0) is 15.9. The van der Waals surface area contributed by atoms with E-state index in [1.54, 1.807) is 12.1 Å². The molecule has 4 nitrogen and oxygen atoms in total. The van der Waals surface area contributed by atoms with Crippen LogP contribution in [0.5, 0.6) is 5.75 Å². The minimum absolute atomic E-state index is 0.152. The molecule has 1 amide bonds. The van der Waals surface area contributed by atoms with Crippen molar-refractivity contribution in [3.8, 4) is 5.75 Å². The summed E-state index contributed by atoms with van der Waals surface area (Å²) in [5.74, 6) is 0.478. The number of amides is 1. The first kappa shape index (κ1) is 15.9. The molecule has 0 radical (unpaired) electrons. The predicted octanol–water partition coefficient (Wildman–Crippen LogP) is 3.75. The van der Waals surface area contributed by atoms with Crippen LogP contribution in [0, 0.1) is 0 Å². The third-order valence-corrected chi connectivity index (χ3v) is 3.41. The highest BCUT2D eigenvalue weighted by Crippen LogP contribution is 2.22. The Morgan fingerprint density at radius 2 is 1.77 bits per heavy atom. The Labute approximate surface area is 131 Å². The van der Waals surface area contributed by atoms with Crippen LogP contribution in [0.15, 0.2) is 48.5 Å². The highest BCUT2D eigenvalue weighted by Gasteiger charge is 2.06. The van der Waals surface area contributed by atoms with Crippen LogP contribution in [-0.4, -0.2) is 12.5 Å². The fourth-order valence-electron chi connectivity index (χ4n) is 2.14. The van der Waals surface area contributed by atoms with Crippen LogP contribution in [0.25, 0.3) is 0 Å². The molecule has 116 valence electrons. The van der Waals surface area contributed by atoms with E-state index in [2.05, 4.69) is 31.3 Å². The van der Waals surface area contributed by atoms with E-state index in [1.165, 1.54) is 5.56 Å². The smallest absolute Gasteiger partial charge is 0.248 e. The minimum Gasteiger partial charge on any atom is -0.494 e. The van der Waals surface area contributed by atoms with Crippen molar-refractivity contribution in [2.24, 2.45) is 5.73 Å². The molecule has 2 aromatic rings. The SMILES string of the molecule is CCCOc1ccc(C(C)Nc2ccc(C(N)=O)cc2)cc1. The number of nitrogens with one attached hydrogen (secondary N) is 1. The molecule has 0 aliphatic carbocycles. The van der Waals surface area contributed by atoms with E-state index in [-0.39, 0.29) is 6.04 Å². The lowest BCUT2D eigenvalue weighted by atomic mass is 10.1. The Kier molecular flexibility index (Phi) is 5.42. The number of rotatable bonds is 7. The van der Waals surface area contributed by atoms with Gasteiger partial charge in [0.25, 0.3) is 0 Å². The van der Waals surface area contributed by atoms with Gasteiger partial charge in [0, 0.05) is 17.3 Å². The van der Waals surface area contributed by atoms with E-state index in [0.29, 0.717) is 5.56 Å². The molecule has 0 saturated carbocycles. The summed E-state index contributed by atoms with van der Waals surface area (Å²) in [6.07, 6.45) is 1.00. The summed E-state index contributed by atoms with van der Waals surface area (Å²) in [6.45, 7) is 4.91. The van der Waals surface area contributed by atoms with Crippen LogP contribution in [0.3, 0.4) is 0 Å². The third kappa shape index (κ3) is 4.25. The fourth-order valence-corrected chi connectivity index (χ4v) is 2.14. The van der Waals surface area contributed by atoms with Crippen molar-refractivity contribution >= 4 is 11.6 Å². The normalized spacial score (nSPS) is 11.7. The average molecular weight is 298 g/mol. The molecule has 2 rings (SSSR count). The Hall–Kier alpha value is -2.49. The monoisotopic (exact) mass is 298 g/mol. The van der Waals surface area contributed by atoms with Gasteiger partial charge in [0.1, 0.15) is 5.75 Å². The maximum absolute atomic E-state index is 11.1. The maximum atomic E-state index is 11.1. The second-order valence-electron chi connectivity index (χ2n) is 5.23. The Balaban J connectivity index is 1.99. The zero-order valence-corrected chi connectivity index (χ0v) is 13.0. The highest BCUT2D eigenvalue weighted by molar-refractivity contribution is 5.93. The quantitative estimate of drug-likeness (QED) is 0.818. The van der Waals surface area contributed by atoms with Gasteiger partial charge in [-0.2, -0.15) is 0 Å². The van der Waals surface area contributed by atoms with Crippen LogP contribution in [-0.2, 0) is 0 Å². The first-order valence-corrected chi connectivity index (χ1v) is 7.49. The van der Waals surface area contributed by atoms with Gasteiger partial charge in [-0.25, -0.2) is 0 Å². The van der Waals surface area contributed by atoms with Gasteiger partial charge in [0.05, 0.1) is 6.61 Å². The summed E-state index contributed by atoms with van der Waals surface area (Å²) in [7, 11) is 0. The van der Waals surface area contributed by atoms with Crippen LogP contribution < -0.4 is 15.8 Å². The Morgan fingerprint density at radius 3 is 2.32 bits per heavy atom. The summed E-state index contributed by atoms with van der Waals surface area (Å²) in [6, 6.07) is 15.4. The lowest BCUT2D eigenvalue weighted by molar-refractivity contribution is 0.100. The van der Waals surface area contributed by atoms with Crippen LogP contribution in [0.4, 0.5) is 5.69 Å². The fraction of sp³-hybridized carbons (Fsp3) is 0.278. The van der Waals surface area contributed by atoms with Crippen LogP contribution in [0.2, 0.25) is 0 Å². The predicted molar refractivity (Wildman–Crippen MR) is 89.2 cm³/mol. The topological polar surface area (TPSA) is 64.3 Å². The number of hydrogen-bond donors (Lipinski definition) is 2. The maximum Gasteiger partial charge on any atom is 0.248 e. The Bertz CT molecular complexity index is 606. The number of anilines is 1. The van der Waals surface area contributed by atoms with Crippen molar-refractivity contribution in [1.29, 1.82) is 0 Å². The van der Waals surface area contributed by atoms with Crippen molar-refractivity contribution in [2.45, 2.75) is 26.3 Å². The molecule has 22 heavy (non-hydrogen) atoms. The molecular weight excluding hydrogens is 276 g/mol. The second-order valence-corrected chi connectivity index (χ2v) is 5.23. The lowest BCUT2D eigenvalue weighted by Gasteiger charge is -2.16. The summed E-state index contributed by atoms with van der Waals surface area (Å²) >= 11 is 0. The van der Waals surface area contributed by atoms with Gasteiger partial charge in [-0.3, -0.25) is 4.79 Å². The van der Waals surface area contributed by atoms with Crippen molar-refractivity contribution in [1.82, 2.24) is 0 Å². The molecule has 0 aromatic heterocycles. The van der Waals surface area contributed by atoms with E-state index in [9.17, 15) is 4.79 Å². The van der Waals surface area contributed by atoms with Crippen LogP contribution in [0.1, 0.15) is 42.2 Å². The summed E-state index contributed by atoms with van der Waals surface area (Å²) in [5, 5.41) is 3.39. The zero-order valence-electron chi connectivity index (χ0n) is 13.0. The summed E-state index contributed by atoms with van der Waals surface area (Å²) in [5.41, 5.74) is 7.86. The van der Waals surface area contributed by atoms with E-state index in [4.69, 9.17) is 10.5 Å². The molecule has 0 bridgehead atoms. The third-order valence-electron chi connectivity index (χ3n) is 3.41. The van der Waals surface area contributed by atoms with Crippen LogP contribution >= 0.6 is 0 Å². The molecule has 0 spiro atoms. The molecular formula is C18H22N2O2. The van der Waals surface area contributed by atoms with Crippen molar-refractivity contribution < 1.29 is 9.53 Å². The van der Waals surface area contributed by atoms with E-state index in [1.807, 2.05) is 24.3 Å². The van der Waals surface area contributed by atoms with Gasteiger partial charge in [-0.1, -0.05) is 19.1 Å². The molecule has 0 aliphatic rings. The molecule has 0 fully saturated rings. The molecule has 0 heterocycles. The highest BCUT2D eigenvalue weighted by atomic mass is 16.5. The van der Waals surface area contributed by atoms with Crippen molar-refractivity contribution in [3.05, 3.63) is 59.7 Å². The standard InChI is InChI=1S/C18H22N2O2/c1-3-12-22-17-10-6-14(7-11-17)13(2)20-16-8-4-15(5-9-16)18(19)21/h4-11,13,20H,3,12H2,1-2H3,(H2,19,21). The average Bonchev–Trinajstić information content (AvgIpc) is 2.54. The molecule has 0 aliphatic heterocycles. The van der Waals surface area contributed by atoms with Crippen molar-refractivity contribution in [2.75, 3.05) is 11.9 Å². The van der Waals surface area contributed by atoms with Gasteiger partial charge in [0.15, 0.2) is 0 Å². The molecule has 3 N–H and O–H groups in total. The first-order valence-electron chi connectivity index (χ1n) is 7.49. The number of primary amides is 1.